The molecule has 0 bridgehead atoms. The van der Waals surface area contributed by atoms with Crippen LogP contribution in [0.5, 0.6) is 11.5 Å². The molecule has 0 radical (unpaired) electrons. The number of furan rings is 1. The Labute approximate surface area is 199 Å². The molecular weight excluding hydrogens is 450 g/mol. The molecule has 1 aliphatic carbocycles. The Morgan fingerprint density at radius 2 is 2.00 bits per heavy atom. The van der Waals surface area contributed by atoms with Crippen LogP contribution < -0.4 is 20.3 Å². The van der Waals surface area contributed by atoms with Crippen molar-refractivity contribution < 1.29 is 18.7 Å². The molecule has 1 aromatic carbocycles. The summed E-state index contributed by atoms with van der Waals surface area (Å²) < 4.78 is 17.6. The SMILES string of the molecule is O=C(/C=C\c1ccc2c(c1)OCO2)Nc1cc(-c2ccco2)nn1-c1nc2c(c(=O)[nH]1)CCCC2. The van der Waals surface area contributed by atoms with E-state index in [4.69, 9.17) is 13.9 Å². The van der Waals surface area contributed by atoms with Crippen LogP contribution in [0, 0.1) is 0 Å². The molecule has 4 aromatic rings. The van der Waals surface area contributed by atoms with Crippen LogP contribution in [0.15, 0.2) is 57.9 Å². The van der Waals surface area contributed by atoms with E-state index in [2.05, 4.69) is 20.4 Å². The van der Waals surface area contributed by atoms with Crippen molar-refractivity contribution in [3.8, 4) is 28.9 Å². The summed E-state index contributed by atoms with van der Waals surface area (Å²) >= 11 is 0. The van der Waals surface area contributed by atoms with Crippen molar-refractivity contribution in [3.63, 3.8) is 0 Å². The van der Waals surface area contributed by atoms with Gasteiger partial charge in [-0.25, -0.2) is 4.98 Å². The average molecular weight is 471 g/mol. The maximum Gasteiger partial charge on any atom is 0.255 e. The molecule has 0 unspecified atom stereocenters. The zero-order chi connectivity index (χ0) is 23.8. The first-order valence-electron chi connectivity index (χ1n) is 11.3. The Morgan fingerprint density at radius 1 is 1.11 bits per heavy atom. The molecule has 2 aliphatic rings. The maximum atomic E-state index is 12.8. The van der Waals surface area contributed by atoms with E-state index in [9.17, 15) is 9.59 Å². The van der Waals surface area contributed by atoms with Crippen molar-refractivity contribution in [2.75, 3.05) is 12.1 Å². The highest BCUT2D eigenvalue weighted by Crippen LogP contribution is 2.33. The van der Waals surface area contributed by atoms with Crippen LogP contribution in [0.3, 0.4) is 0 Å². The standard InChI is InChI=1S/C25H21N5O5/c31-23(10-8-15-7-9-20-21(12-15)35-14-34-20)27-22-13-18(19-6-3-11-33-19)29-30(22)25-26-17-5-2-1-4-16(17)24(32)28-25/h3,6-13H,1-2,4-5,14H2,(H,27,31)(H,26,28,32)/b10-8-. The summed E-state index contributed by atoms with van der Waals surface area (Å²) in [5.41, 5.74) is 2.58. The minimum atomic E-state index is -0.380. The molecule has 2 N–H and O–H groups in total. The molecule has 10 nitrogen and oxygen atoms in total. The number of carbonyl (C=O) groups excluding carboxylic acids is 1. The first-order valence-corrected chi connectivity index (χ1v) is 11.3. The van der Waals surface area contributed by atoms with Crippen LogP contribution in [-0.4, -0.2) is 32.4 Å². The monoisotopic (exact) mass is 471 g/mol. The molecule has 176 valence electrons. The number of nitrogens with zero attached hydrogens (tertiary/aromatic N) is 3. The molecule has 4 heterocycles. The van der Waals surface area contributed by atoms with E-state index < -0.39 is 0 Å². The van der Waals surface area contributed by atoms with Crippen LogP contribution in [0.1, 0.15) is 29.7 Å². The topological polar surface area (TPSA) is 124 Å². The van der Waals surface area contributed by atoms with Crippen molar-refractivity contribution >= 4 is 17.8 Å². The van der Waals surface area contributed by atoms with E-state index in [0.717, 1.165) is 36.1 Å². The highest BCUT2D eigenvalue weighted by atomic mass is 16.7. The van der Waals surface area contributed by atoms with E-state index in [0.29, 0.717) is 35.2 Å². The minimum absolute atomic E-state index is 0.181. The zero-order valence-electron chi connectivity index (χ0n) is 18.6. The molecule has 35 heavy (non-hydrogen) atoms. The summed E-state index contributed by atoms with van der Waals surface area (Å²) in [4.78, 5) is 32.9. The van der Waals surface area contributed by atoms with Gasteiger partial charge in [-0.3, -0.25) is 14.6 Å². The number of aryl methyl sites for hydroxylation is 1. The fraction of sp³-hybridized carbons (Fsp3) is 0.200. The number of nitrogens with one attached hydrogen (secondary N) is 2. The fourth-order valence-corrected chi connectivity index (χ4v) is 4.22. The van der Waals surface area contributed by atoms with E-state index in [1.807, 2.05) is 6.07 Å². The molecular formula is C25H21N5O5. The number of rotatable bonds is 5. The van der Waals surface area contributed by atoms with Crippen LogP contribution >= 0.6 is 0 Å². The summed E-state index contributed by atoms with van der Waals surface area (Å²) in [5, 5.41) is 7.37. The summed E-state index contributed by atoms with van der Waals surface area (Å²) in [6.07, 6.45) is 8.02. The van der Waals surface area contributed by atoms with Gasteiger partial charge in [0, 0.05) is 17.7 Å². The summed E-state index contributed by atoms with van der Waals surface area (Å²) in [6, 6.07) is 10.6. The third kappa shape index (κ3) is 4.10. The fourth-order valence-electron chi connectivity index (χ4n) is 4.22. The molecule has 0 fully saturated rings. The number of fused-ring (bicyclic) bond motifs is 2. The van der Waals surface area contributed by atoms with Crippen LogP contribution in [-0.2, 0) is 17.6 Å². The summed E-state index contributed by atoms with van der Waals surface area (Å²) in [6.45, 7) is 0.184. The lowest BCUT2D eigenvalue weighted by molar-refractivity contribution is -0.111. The van der Waals surface area contributed by atoms with Gasteiger partial charge < -0.3 is 19.2 Å². The third-order valence-electron chi connectivity index (χ3n) is 5.94. The minimum Gasteiger partial charge on any atom is -0.463 e. The second-order valence-corrected chi connectivity index (χ2v) is 8.26. The predicted octanol–water partition coefficient (Wildman–Crippen LogP) is 3.48. The van der Waals surface area contributed by atoms with Crippen LogP contribution in [0.4, 0.5) is 5.82 Å². The molecule has 1 amide bonds. The Hall–Kier alpha value is -4.60. The third-order valence-corrected chi connectivity index (χ3v) is 5.94. The Balaban J connectivity index is 1.32. The van der Waals surface area contributed by atoms with Crippen LogP contribution in [0.25, 0.3) is 23.5 Å². The van der Waals surface area contributed by atoms with Gasteiger partial charge in [0.05, 0.1) is 12.0 Å². The zero-order valence-corrected chi connectivity index (χ0v) is 18.6. The van der Waals surface area contributed by atoms with Gasteiger partial charge in [0.2, 0.25) is 18.6 Å². The van der Waals surface area contributed by atoms with Gasteiger partial charge in [-0.05, 0) is 61.6 Å². The first-order chi connectivity index (χ1) is 17.1. The summed E-state index contributed by atoms with van der Waals surface area (Å²) in [7, 11) is 0. The van der Waals surface area contributed by atoms with Gasteiger partial charge in [-0.1, -0.05) is 6.07 Å². The first kappa shape index (κ1) is 21.0. The lowest BCUT2D eigenvalue weighted by Gasteiger charge is -2.15. The van der Waals surface area contributed by atoms with Gasteiger partial charge in [-0.2, -0.15) is 9.78 Å². The van der Waals surface area contributed by atoms with Gasteiger partial charge in [-0.15, -0.1) is 0 Å². The predicted molar refractivity (Wildman–Crippen MR) is 127 cm³/mol. The van der Waals surface area contributed by atoms with E-state index in [-0.39, 0.29) is 24.2 Å². The second-order valence-electron chi connectivity index (χ2n) is 8.26. The number of aromatic nitrogens is 4. The van der Waals surface area contributed by atoms with E-state index in [1.54, 1.807) is 42.7 Å². The van der Waals surface area contributed by atoms with Crippen molar-refractivity contribution in [1.82, 2.24) is 19.7 Å². The van der Waals surface area contributed by atoms with Crippen molar-refractivity contribution in [1.29, 1.82) is 0 Å². The number of hydrogen-bond donors (Lipinski definition) is 2. The lowest BCUT2D eigenvalue weighted by atomic mass is 9.97. The average Bonchev–Trinajstić information content (AvgIpc) is 3.63. The summed E-state index contributed by atoms with van der Waals surface area (Å²) in [5.74, 6) is 2.04. The highest BCUT2D eigenvalue weighted by Gasteiger charge is 2.20. The van der Waals surface area contributed by atoms with Crippen molar-refractivity contribution in [3.05, 3.63) is 75.9 Å². The Bertz CT molecular complexity index is 1500. The number of anilines is 1. The van der Waals surface area contributed by atoms with Crippen molar-refractivity contribution in [2.24, 2.45) is 0 Å². The number of aromatic amines is 1. The maximum absolute atomic E-state index is 12.8. The lowest BCUT2D eigenvalue weighted by Crippen LogP contribution is -2.24. The Kier molecular flexibility index (Phi) is 5.17. The van der Waals surface area contributed by atoms with Gasteiger partial charge in [0.1, 0.15) is 11.5 Å². The molecule has 1 aliphatic heterocycles. The van der Waals surface area contributed by atoms with E-state index >= 15 is 0 Å². The molecule has 0 saturated heterocycles. The number of carbonyl (C=O) groups is 1. The van der Waals surface area contributed by atoms with E-state index in [1.165, 1.54) is 10.8 Å². The molecule has 3 aromatic heterocycles. The molecule has 10 heteroatoms. The van der Waals surface area contributed by atoms with Gasteiger partial charge in [0.15, 0.2) is 17.3 Å². The molecule has 0 spiro atoms. The highest BCUT2D eigenvalue weighted by molar-refractivity contribution is 6.01. The molecule has 0 atom stereocenters. The normalized spacial score (nSPS) is 14.3. The number of hydrogen-bond acceptors (Lipinski definition) is 7. The van der Waals surface area contributed by atoms with Gasteiger partial charge >= 0.3 is 0 Å². The number of H-pyrrole nitrogens is 1. The molecule has 0 saturated carbocycles. The number of amides is 1. The second kappa shape index (κ2) is 8.64. The number of ether oxygens (including phenoxy) is 2. The largest absolute Gasteiger partial charge is 0.463 e. The molecule has 6 rings (SSSR count). The van der Waals surface area contributed by atoms with Gasteiger partial charge in [0.25, 0.3) is 5.56 Å². The van der Waals surface area contributed by atoms with Crippen LogP contribution in [0.2, 0.25) is 0 Å². The Morgan fingerprint density at radius 3 is 2.89 bits per heavy atom. The quantitative estimate of drug-likeness (QED) is 0.427. The van der Waals surface area contributed by atoms with Crippen molar-refractivity contribution in [2.45, 2.75) is 25.7 Å². The smallest absolute Gasteiger partial charge is 0.255 e. The number of benzene rings is 1.